The molecule has 0 atom stereocenters. The molecule has 1 fully saturated rings. The van der Waals surface area contributed by atoms with Crippen LogP contribution in [0.3, 0.4) is 0 Å². The molecule has 1 saturated carbocycles. The van der Waals surface area contributed by atoms with Crippen molar-refractivity contribution in [1.82, 2.24) is 0 Å². The highest BCUT2D eigenvalue weighted by Crippen LogP contribution is 2.51. The summed E-state index contributed by atoms with van der Waals surface area (Å²) in [6, 6.07) is 0. The van der Waals surface area contributed by atoms with Gasteiger partial charge in [0.25, 0.3) is 0 Å². The van der Waals surface area contributed by atoms with Crippen molar-refractivity contribution in [3.8, 4) is 0 Å². The zero-order chi connectivity index (χ0) is 7.95. The van der Waals surface area contributed by atoms with Gasteiger partial charge in [-0.3, -0.25) is 4.99 Å². The summed E-state index contributed by atoms with van der Waals surface area (Å²) >= 11 is 2.06. The fourth-order valence-corrected chi connectivity index (χ4v) is 3.66. The number of hydrogen-bond donors (Lipinski definition) is 0. The Bertz CT molecular complexity index is 190. The van der Waals surface area contributed by atoms with Gasteiger partial charge in [-0.1, -0.05) is 12.8 Å². The van der Waals surface area contributed by atoms with E-state index in [2.05, 4.69) is 36.8 Å². The van der Waals surface area contributed by atoms with Gasteiger partial charge >= 0.3 is 0 Å². The smallest absolute Gasteiger partial charge is 0.106 e. The lowest BCUT2D eigenvalue weighted by Gasteiger charge is -2.23. The minimum absolute atomic E-state index is 0.296. The Morgan fingerprint density at radius 3 is 2.36 bits per heavy atom. The quantitative estimate of drug-likeness (QED) is 0.543. The van der Waals surface area contributed by atoms with Crippen LogP contribution in [0.2, 0.25) is 0 Å². The highest BCUT2D eigenvalue weighted by atomic mass is 32.2. The third-order valence-corrected chi connectivity index (χ3v) is 3.97. The molecule has 0 radical (unpaired) electrons. The van der Waals surface area contributed by atoms with Crippen molar-refractivity contribution in [2.75, 3.05) is 0 Å². The first kappa shape index (κ1) is 7.66. The summed E-state index contributed by atoms with van der Waals surface area (Å²) in [4.78, 5) is 4.97. The van der Waals surface area contributed by atoms with E-state index in [1.165, 1.54) is 25.7 Å². The summed E-state index contributed by atoms with van der Waals surface area (Å²) in [7, 11) is 0. The van der Waals surface area contributed by atoms with E-state index < -0.39 is 0 Å². The normalized spacial score (nSPS) is 31.8. The summed E-state index contributed by atoms with van der Waals surface area (Å²) < 4.78 is 0.296. The van der Waals surface area contributed by atoms with E-state index in [1.54, 1.807) is 0 Å². The van der Waals surface area contributed by atoms with E-state index in [-0.39, 0.29) is 0 Å². The fourth-order valence-electron chi connectivity index (χ4n) is 1.97. The maximum absolute atomic E-state index is 4.66. The number of thioether (sulfide) groups is 1. The summed E-state index contributed by atoms with van der Waals surface area (Å²) in [6.07, 6.45) is 7.50. The van der Waals surface area contributed by atoms with Gasteiger partial charge in [0.1, 0.15) is 4.87 Å². The van der Waals surface area contributed by atoms with Crippen molar-refractivity contribution in [2.24, 2.45) is 4.99 Å². The van der Waals surface area contributed by atoms with Gasteiger partial charge in [-0.15, -0.1) is 11.8 Å². The Labute approximate surface area is 72.7 Å². The van der Waals surface area contributed by atoms with Gasteiger partial charge < -0.3 is 0 Å². The molecule has 0 bridgehead atoms. The molecule has 0 amide bonds. The van der Waals surface area contributed by atoms with Gasteiger partial charge in [0.15, 0.2) is 0 Å². The lowest BCUT2D eigenvalue weighted by Crippen LogP contribution is -2.19. The van der Waals surface area contributed by atoms with Gasteiger partial charge in [-0.05, 0) is 26.7 Å². The maximum Gasteiger partial charge on any atom is 0.106 e. The van der Waals surface area contributed by atoms with Gasteiger partial charge in [-0.25, -0.2) is 0 Å². The molecule has 2 heteroatoms. The van der Waals surface area contributed by atoms with Gasteiger partial charge in [0.05, 0.1) is 0 Å². The molecule has 1 aliphatic carbocycles. The Morgan fingerprint density at radius 1 is 1.27 bits per heavy atom. The molecule has 1 spiro atoms. The summed E-state index contributed by atoms with van der Waals surface area (Å²) in [5.41, 5.74) is 0. The van der Waals surface area contributed by atoms with Gasteiger partial charge in [-0.2, -0.15) is 0 Å². The number of nitrogens with zero attached hydrogens (tertiary/aromatic N) is 1. The Kier molecular flexibility index (Phi) is 1.57. The molecule has 0 aromatic heterocycles. The highest BCUT2D eigenvalue weighted by Gasteiger charge is 2.42. The van der Waals surface area contributed by atoms with Crippen LogP contribution < -0.4 is 0 Å². The number of rotatable bonds is 0. The number of hydrogen-bond acceptors (Lipinski definition) is 2. The first-order valence-electron chi connectivity index (χ1n) is 4.39. The summed E-state index contributed by atoms with van der Waals surface area (Å²) in [5, 5.41) is 0. The van der Waals surface area contributed by atoms with Crippen LogP contribution in [0.25, 0.3) is 0 Å². The zero-order valence-corrected chi connectivity index (χ0v) is 8.08. The lowest BCUT2D eigenvalue weighted by molar-refractivity contribution is 0.652. The van der Waals surface area contributed by atoms with Crippen molar-refractivity contribution in [2.45, 2.75) is 49.1 Å². The average molecular weight is 169 g/mol. The second-order valence-corrected chi connectivity index (χ2v) is 6.13. The first-order valence-corrected chi connectivity index (χ1v) is 5.20. The van der Waals surface area contributed by atoms with E-state index in [4.69, 9.17) is 0 Å². The van der Waals surface area contributed by atoms with Crippen molar-refractivity contribution in [3.63, 3.8) is 0 Å². The van der Waals surface area contributed by atoms with E-state index in [0.29, 0.717) is 9.62 Å². The molecule has 1 nitrogen and oxygen atoms in total. The van der Waals surface area contributed by atoms with Crippen LogP contribution in [0.4, 0.5) is 0 Å². The Morgan fingerprint density at radius 2 is 1.91 bits per heavy atom. The minimum Gasteiger partial charge on any atom is -0.279 e. The second kappa shape index (κ2) is 2.25. The minimum atomic E-state index is 0.296. The summed E-state index contributed by atoms with van der Waals surface area (Å²) in [5.74, 6) is 0. The Hall–Kier alpha value is 0.0200. The fraction of sp³-hybridized carbons (Fsp3) is 0.889. The topological polar surface area (TPSA) is 12.4 Å². The van der Waals surface area contributed by atoms with Crippen molar-refractivity contribution >= 4 is 18.0 Å². The van der Waals surface area contributed by atoms with E-state index in [0.717, 1.165) is 0 Å². The van der Waals surface area contributed by atoms with Crippen LogP contribution in [0, 0.1) is 0 Å². The largest absolute Gasteiger partial charge is 0.279 e. The summed E-state index contributed by atoms with van der Waals surface area (Å²) in [6.45, 7) is 4.52. The van der Waals surface area contributed by atoms with E-state index >= 15 is 0 Å². The molecular weight excluding hydrogens is 154 g/mol. The monoisotopic (exact) mass is 169 g/mol. The highest BCUT2D eigenvalue weighted by molar-refractivity contribution is 8.03. The molecule has 62 valence electrons. The molecule has 1 heterocycles. The second-order valence-electron chi connectivity index (χ2n) is 4.12. The standard InChI is InChI=1S/C9H15NS/c1-8(2)7-10-9(11-8)5-3-4-6-9/h7H,3-6H2,1-2H3. The molecule has 2 aliphatic rings. The third-order valence-electron chi connectivity index (χ3n) is 2.45. The van der Waals surface area contributed by atoms with Crippen molar-refractivity contribution in [1.29, 1.82) is 0 Å². The number of aliphatic imine (C=N–C) groups is 1. The molecule has 0 unspecified atom stereocenters. The molecule has 0 N–H and O–H groups in total. The predicted molar refractivity (Wildman–Crippen MR) is 51.4 cm³/mol. The van der Waals surface area contributed by atoms with E-state index in [1.807, 2.05) is 0 Å². The van der Waals surface area contributed by atoms with Gasteiger partial charge in [0.2, 0.25) is 0 Å². The van der Waals surface area contributed by atoms with Crippen LogP contribution in [0.15, 0.2) is 4.99 Å². The SMILES string of the molecule is CC1(C)C=NC2(CCCC2)S1. The zero-order valence-electron chi connectivity index (χ0n) is 7.26. The van der Waals surface area contributed by atoms with Crippen LogP contribution in [0.5, 0.6) is 0 Å². The first-order chi connectivity index (χ1) is 5.12. The van der Waals surface area contributed by atoms with Crippen LogP contribution in [0.1, 0.15) is 39.5 Å². The van der Waals surface area contributed by atoms with E-state index in [9.17, 15) is 0 Å². The molecule has 0 aromatic rings. The maximum atomic E-state index is 4.66. The molecule has 1 aliphatic heterocycles. The Balaban J connectivity index is 2.15. The predicted octanol–water partition coefficient (Wildman–Crippen LogP) is 2.85. The lowest BCUT2D eigenvalue weighted by atomic mass is 10.2. The van der Waals surface area contributed by atoms with Crippen LogP contribution in [-0.4, -0.2) is 15.8 Å². The molecule has 2 rings (SSSR count). The van der Waals surface area contributed by atoms with Crippen molar-refractivity contribution in [3.05, 3.63) is 0 Å². The van der Waals surface area contributed by atoms with Crippen molar-refractivity contribution < 1.29 is 0 Å². The third kappa shape index (κ3) is 1.33. The van der Waals surface area contributed by atoms with Crippen LogP contribution in [-0.2, 0) is 0 Å². The molecular formula is C9H15NS. The molecule has 11 heavy (non-hydrogen) atoms. The molecule has 0 aromatic carbocycles. The van der Waals surface area contributed by atoms with Crippen LogP contribution >= 0.6 is 11.8 Å². The molecule has 0 saturated heterocycles. The van der Waals surface area contributed by atoms with Gasteiger partial charge in [0, 0.05) is 11.0 Å². The average Bonchev–Trinajstić information content (AvgIpc) is 2.43.